The number of nitro benzene ring substituents is 1. The van der Waals surface area contributed by atoms with E-state index in [4.69, 9.17) is 0 Å². The Morgan fingerprint density at radius 2 is 2.12 bits per heavy atom. The monoisotopic (exact) mass is 355 g/mol. The van der Waals surface area contributed by atoms with E-state index in [1.165, 1.54) is 31.2 Å². The van der Waals surface area contributed by atoms with Gasteiger partial charge in [-0.3, -0.25) is 19.5 Å². The lowest BCUT2D eigenvalue weighted by Crippen LogP contribution is -2.22. The van der Waals surface area contributed by atoms with Gasteiger partial charge in [0.1, 0.15) is 11.6 Å². The van der Waals surface area contributed by atoms with Crippen molar-refractivity contribution in [2.45, 2.75) is 33.2 Å². The Kier molecular flexibility index (Phi) is 5.80. The summed E-state index contributed by atoms with van der Waals surface area (Å²) < 4.78 is 1.09. The molecule has 1 heterocycles. The molecule has 0 unspecified atom stereocenters. The molecule has 0 saturated carbocycles. The molecule has 26 heavy (non-hydrogen) atoms. The smallest absolute Gasteiger partial charge is 0.281 e. The number of aromatic hydroxyl groups is 1. The summed E-state index contributed by atoms with van der Waals surface area (Å²) in [7, 11) is 0. The van der Waals surface area contributed by atoms with Gasteiger partial charge < -0.3 is 5.11 Å². The van der Waals surface area contributed by atoms with E-state index in [1.807, 2.05) is 13.0 Å². The van der Waals surface area contributed by atoms with Crippen molar-refractivity contribution < 1.29 is 10.0 Å². The van der Waals surface area contributed by atoms with E-state index in [0.717, 1.165) is 11.0 Å². The van der Waals surface area contributed by atoms with Gasteiger partial charge in [0.05, 0.1) is 10.6 Å². The predicted molar refractivity (Wildman–Crippen MR) is 94.0 cm³/mol. The third kappa shape index (κ3) is 3.75. The van der Waals surface area contributed by atoms with Crippen molar-refractivity contribution in [3.63, 3.8) is 0 Å². The number of nitro groups is 1. The molecule has 0 saturated heterocycles. The number of benzene rings is 1. The number of rotatable bonds is 6. The van der Waals surface area contributed by atoms with Crippen LogP contribution in [0.25, 0.3) is 0 Å². The Bertz CT molecular complexity index is 972. The molecule has 2 rings (SSSR count). The third-order valence-electron chi connectivity index (χ3n) is 3.81. The average Bonchev–Trinajstić information content (AvgIpc) is 2.62. The first-order valence-corrected chi connectivity index (χ1v) is 7.93. The van der Waals surface area contributed by atoms with E-state index in [-0.39, 0.29) is 34.7 Å². The van der Waals surface area contributed by atoms with Crippen molar-refractivity contribution >= 4 is 17.1 Å². The maximum atomic E-state index is 12.6. The highest BCUT2D eigenvalue weighted by atomic mass is 16.6. The van der Waals surface area contributed by atoms with Gasteiger partial charge in [-0.1, -0.05) is 19.4 Å². The zero-order valence-corrected chi connectivity index (χ0v) is 14.3. The molecule has 2 aromatic rings. The number of nitrogens with zero attached hydrogens (tertiary/aromatic N) is 5. The minimum absolute atomic E-state index is 0.0475. The third-order valence-corrected chi connectivity index (χ3v) is 3.81. The van der Waals surface area contributed by atoms with Gasteiger partial charge in [-0.2, -0.15) is 10.4 Å². The van der Waals surface area contributed by atoms with E-state index >= 15 is 0 Å². The van der Waals surface area contributed by atoms with Crippen molar-refractivity contribution in [2.75, 3.05) is 0 Å². The summed E-state index contributed by atoms with van der Waals surface area (Å²) in [6, 6.07) is 7.37. The molecule has 1 aromatic heterocycles. The van der Waals surface area contributed by atoms with E-state index in [1.54, 1.807) is 0 Å². The van der Waals surface area contributed by atoms with Crippen LogP contribution in [0.5, 0.6) is 5.88 Å². The summed E-state index contributed by atoms with van der Waals surface area (Å²) in [5.74, 6) is -0.391. The van der Waals surface area contributed by atoms with E-state index in [9.17, 15) is 25.3 Å². The van der Waals surface area contributed by atoms with Crippen molar-refractivity contribution in [1.82, 2.24) is 4.57 Å². The summed E-state index contributed by atoms with van der Waals surface area (Å²) in [5, 5.41) is 38.1. The highest BCUT2D eigenvalue weighted by molar-refractivity contribution is 5.57. The molecular formula is C17H17N5O4. The fourth-order valence-corrected chi connectivity index (χ4v) is 2.36. The fourth-order valence-electron chi connectivity index (χ4n) is 2.36. The highest BCUT2D eigenvalue weighted by Crippen LogP contribution is 2.27. The number of hydrogen-bond donors (Lipinski definition) is 1. The molecule has 0 fully saturated rings. The molecular weight excluding hydrogens is 338 g/mol. The van der Waals surface area contributed by atoms with Gasteiger partial charge in [0.15, 0.2) is 5.69 Å². The SMILES string of the molecule is CCCCn1c(O)c(C#N)c(C)c(N=Nc2cccc([N+](=O)[O-])c2)c1=O. The zero-order valence-electron chi connectivity index (χ0n) is 14.3. The first-order valence-electron chi connectivity index (χ1n) is 7.93. The van der Waals surface area contributed by atoms with Crippen LogP contribution in [-0.4, -0.2) is 14.6 Å². The molecule has 9 nitrogen and oxygen atoms in total. The highest BCUT2D eigenvalue weighted by Gasteiger charge is 2.19. The lowest BCUT2D eigenvalue weighted by molar-refractivity contribution is -0.384. The summed E-state index contributed by atoms with van der Waals surface area (Å²) in [6.45, 7) is 3.67. The molecule has 1 N–H and O–H groups in total. The van der Waals surface area contributed by atoms with E-state index < -0.39 is 16.4 Å². The number of azo groups is 1. The summed E-state index contributed by atoms with van der Waals surface area (Å²) in [6.07, 6.45) is 1.44. The number of aromatic nitrogens is 1. The predicted octanol–water partition coefficient (Wildman–Crippen LogP) is 3.86. The summed E-state index contributed by atoms with van der Waals surface area (Å²) in [4.78, 5) is 22.9. The second kappa shape index (κ2) is 8.02. The summed E-state index contributed by atoms with van der Waals surface area (Å²) in [5.41, 5.74) is -0.444. The molecule has 0 radical (unpaired) electrons. The normalized spacial score (nSPS) is 10.8. The minimum Gasteiger partial charge on any atom is -0.493 e. The molecule has 0 aliphatic carbocycles. The van der Waals surface area contributed by atoms with Gasteiger partial charge >= 0.3 is 0 Å². The molecule has 0 aliphatic heterocycles. The molecule has 0 amide bonds. The van der Waals surface area contributed by atoms with Gasteiger partial charge in [0.2, 0.25) is 5.88 Å². The molecule has 134 valence electrons. The first-order chi connectivity index (χ1) is 12.4. The van der Waals surface area contributed by atoms with Crippen LogP contribution in [0.15, 0.2) is 39.3 Å². The van der Waals surface area contributed by atoms with E-state index in [0.29, 0.717) is 6.42 Å². The molecule has 1 aromatic carbocycles. The minimum atomic E-state index is -0.568. The van der Waals surface area contributed by atoms with Crippen LogP contribution in [0, 0.1) is 28.4 Å². The molecule has 9 heteroatoms. The van der Waals surface area contributed by atoms with Crippen LogP contribution >= 0.6 is 0 Å². The van der Waals surface area contributed by atoms with Gasteiger partial charge in [-0.05, 0) is 19.4 Å². The zero-order chi connectivity index (χ0) is 19.3. The average molecular weight is 355 g/mol. The van der Waals surface area contributed by atoms with Crippen molar-refractivity contribution in [1.29, 1.82) is 5.26 Å². The van der Waals surface area contributed by atoms with E-state index in [2.05, 4.69) is 10.2 Å². The maximum Gasteiger partial charge on any atom is 0.281 e. The van der Waals surface area contributed by atoms with Crippen LogP contribution in [0.3, 0.4) is 0 Å². The number of unbranched alkanes of at least 4 members (excludes halogenated alkanes) is 1. The Labute approximate surface area is 149 Å². The quantitative estimate of drug-likeness (QED) is 0.477. The van der Waals surface area contributed by atoms with Crippen LogP contribution < -0.4 is 5.56 Å². The molecule has 0 aliphatic rings. The second-order valence-corrected chi connectivity index (χ2v) is 5.57. The largest absolute Gasteiger partial charge is 0.493 e. The standard InChI is InChI=1S/C17H17N5O4/c1-3-4-8-21-16(23)14(10-18)11(2)15(17(21)24)20-19-12-6-5-7-13(9-12)22(25)26/h5-7,9,23H,3-4,8H2,1-2H3. The van der Waals surface area contributed by atoms with Gasteiger partial charge in [-0.25, -0.2) is 0 Å². The van der Waals surface area contributed by atoms with Crippen LogP contribution in [0.1, 0.15) is 30.9 Å². The number of pyridine rings is 1. The maximum absolute atomic E-state index is 12.6. The first kappa shape index (κ1) is 18.8. The fraction of sp³-hybridized carbons (Fsp3) is 0.294. The number of non-ortho nitro benzene ring substituents is 1. The Balaban J connectivity index is 2.55. The van der Waals surface area contributed by atoms with Crippen LogP contribution in [0.2, 0.25) is 0 Å². The Morgan fingerprint density at radius 3 is 2.73 bits per heavy atom. The second-order valence-electron chi connectivity index (χ2n) is 5.57. The Hall–Kier alpha value is -3.54. The lowest BCUT2D eigenvalue weighted by Gasteiger charge is -2.12. The molecule has 0 atom stereocenters. The van der Waals surface area contributed by atoms with Gasteiger partial charge in [-0.15, -0.1) is 5.11 Å². The van der Waals surface area contributed by atoms with Crippen molar-refractivity contribution in [2.24, 2.45) is 10.2 Å². The van der Waals surface area contributed by atoms with Crippen LogP contribution in [-0.2, 0) is 6.54 Å². The van der Waals surface area contributed by atoms with Crippen molar-refractivity contribution in [3.05, 3.63) is 55.9 Å². The Morgan fingerprint density at radius 1 is 1.38 bits per heavy atom. The number of hydrogen-bond acceptors (Lipinski definition) is 7. The summed E-state index contributed by atoms with van der Waals surface area (Å²) >= 11 is 0. The van der Waals surface area contributed by atoms with Crippen LogP contribution in [0.4, 0.5) is 17.1 Å². The topological polar surface area (TPSA) is 134 Å². The van der Waals surface area contributed by atoms with Gasteiger partial charge in [0.25, 0.3) is 11.2 Å². The molecule has 0 spiro atoms. The van der Waals surface area contributed by atoms with Crippen molar-refractivity contribution in [3.8, 4) is 11.9 Å². The lowest BCUT2D eigenvalue weighted by atomic mass is 10.1. The molecule has 0 bridgehead atoms. The van der Waals surface area contributed by atoms with Gasteiger partial charge in [0, 0.05) is 24.2 Å². The number of nitriles is 1.